The minimum absolute atomic E-state index is 0.314. The van der Waals surface area contributed by atoms with E-state index in [1.54, 1.807) is 0 Å². The van der Waals surface area contributed by atoms with Crippen molar-refractivity contribution in [3.05, 3.63) is 35.9 Å². The summed E-state index contributed by atoms with van der Waals surface area (Å²) in [5.41, 5.74) is 1.21. The van der Waals surface area contributed by atoms with Crippen LogP contribution in [0.15, 0.2) is 30.3 Å². The van der Waals surface area contributed by atoms with Crippen molar-refractivity contribution >= 4 is 9.84 Å². The fourth-order valence-electron chi connectivity index (χ4n) is 1.66. The van der Waals surface area contributed by atoms with Crippen molar-refractivity contribution in [2.24, 2.45) is 5.92 Å². The monoisotopic (exact) mass is 254 g/mol. The Kier molecular flexibility index (Phi) is 5.69. The van der Waals surface area contributed by atoms with E-state index in [1.807, 2.05) is 30.3 Å². The lowest BCUT2D eigenvalue weighted by molar-refractivity contribution is 0.571. The summed E-state index contributed by atoms with van der Waals surface area (Å²) in [6.07, 6.45) is 2.35. The zero-order chi connectivity index (χ0) is 12.7. The Bertz CT molecular complexity index is 407. The zero-order valence-electron chi connectivity index (χ0n) is 10.7. The van der Waals surface area contributed by atoms with E-state index in [0.29, 0.717) is 17.4 Å². The van der Waals surface area contributed by atoms with Gasteiger partial charge in [-0.05, 0) is 30.7 Å². The van der Waals surface area contributed by atoms with Crippen LogP contribution in [0.25, 0.3) is 0 Å². The first-order valence-electron chi connectivity index (χ1n) is 6.24. The lowest BCUT2D eigenvalue weighted by Crippen LogP contribution is -2.13. The Hall–Kier alpha value is -0.830. The molecule has 0 saturated carbocycles. The molecule has 0 aromatic heterocycles. The molecule has 0 aliphatic rings. The molecule has 0 aliphatic heterocycles. The Morgan fingerprint density at radius 1 is 1.06 bits per heavy atom. The molecule has 0 atom stereocenters. The van der Waals surface area contributed by atoms with E-state index in [-0.39, 0.29) is 0 Å². The molecule has 1 rings (SSSR count). The predicted molar refractivity (Wildman–Crippen MR) is 72.9 cm³/mol. The van der Waals surface area contributed by atoms with Crippen molar-refractivity contribution in [2.75, 3.05) is 11.5 Å². The van der Waals surface area contributed by atoms with Gasteiger partial charge < -0.3 is 0 Å². The molecule has 0 unspecified atom stereocenters. The number of sulfone groups is 1. The van der Waals surface area contributed by atoms with Gasteiger partial charge in [-0.15, -0.1) is 0 Å². The quantitative estimate of drug-likeness (QED) is 0.749. The van der Waals surface area contributed by atoms with Gasteiger partial charge in [-0.2, -0.15) is 0 Å². The fourth-order valence-corrected chi connectivity index (χ4v) is 3.28. The third-order valence-electron chi connectivity index (χ3n) is 2.77. The summed E-state index contributed by atoms with van der Waals surface area (Å²) in [5, 5.41) is 0. The molecule has 0 fully saturated rings. The van der Waals surface area contributed by atoms with Crippen molar-refractivity contribution < 1.29 is 8.42 Å². The van der Waals surface area contributed by atoms with Crippen LogP contribution in [-0.2, 0) is 16.3 Å². The van der Waals surface area contributed by atoms with E-state index >= 15 is 0 Å². The van der Waals surface area contributed by atoms with Gasteiger partial charge in [0, 0.05) is 0 Å². The first-order valence-corrected chi connectivity index (χ1v) is 8.06. The molecule has 1 aromatic rings. The average molecular weight is 254 g/mol. The van der Waals surface area contributed by atoms with Gasteiger partial charge in [0.1, 0.15) is 9.84 Å². The fraction of sp³-hybridized carbons (Fsp3) is 0.571. The Morgan fingerprint density at radius 3 is 2.29 bits per heavy atom. The Morgan fingerprint density at radius 2 is 1.71 bits per heavy atom. The molecule has 0 bridgehead atoms. The third kappa shape index (κ3) is 6.47. The zero-order valence-corrected chi connectivity index (χ0v) is 11.5. The highest BCUT2D eigenvalue weighted by Gasteiger charge is 2.11. The van der Waals surface area contributed by atoms with Gasteiger partial charge in [0.25, 0.3) is 0 Å². The highest BCUT2D eigenvalue weighted by atomic mass is 32.2. The molecular weight excluding hydrogens is 232 g/mol. The van der Waals surface area contributed by atoms with Crippen molar-refractivity contribution in [3.63, 3.8) is 0 Å². The Balaban J connectivity index is 2.31. The molecule has 0 saturated heterocycles. The van der Waals surface area contributed by atoms with Crippen LogP contribution in [0.2, 0.25) is 0 Å². The number of benzene rings is 1. The summed E-state index contributed by atoms with van der Waals surface area (Å²) in [7, 11) is -2.85. The molecule has 0 spiro atoms. The first kappa shape index (κ1) is 14.2. The van der Waals surface area contributed by atoms with Crippen LogP contribution < -0.4 is 0 Å². The topological polar surface area (TPSA) is 34.1 Å². The molecule has 0 N–H and O–H groups in total. The van der Waals surface area contributed by atoms with Crippen LogP contribution in [0.1, 0.15) is 32.3 Å². The van der Waals surface area contributed by atoms with Crippen molar-refractivity contribution in [2.45, 2.75) is 33.1 Å². The summed E-state index contributed by atoms with van der Waals surface area (Å²) in [6, 6.07) is 10.0. The normalized spacial score (nSPS) is 11.9. The van der Waals surface area contributed by atoms with Gasteiger partial charge >= 0.3 is 0 Å². The summed E-state index contributed by atoms with van der Waals surface area (Å²) in [5.74, 6) is 1.10. The molecule has 0 heterocycles. The predicted octanol–water partition coefficient (Wildman–Crippen LogP) is 3.08. The molecule has 0 amide bonds. The molecule has 17 heavy (non-hydrogen) atoms. The van der Waals surface area contributed by atoms with Gasteiger partial charge in [0.05, 0.1) is 11.5 Å². The largest absolute Gasteiger partial charge is 0.229 e. The van der Waals surface area contributed by atoms with Gasteiger partial charge in [-0.3, -0.25) is 0 Å². The van der Waals surface area contributed by atoms with E-state index in [2.05, 4.69) is 13.8 Å². The van der Waals surface area contributed by atoms with E-state index in [1.165, 1.54) is 5.56 Å². The Labute approximate surface area is 105 Å². The van der Waals surface area contributed by atoms with E-state index in [4.69, 9.17) is 0 Å². The van der Waals surface area contributed by atoms with Crippen LogP contribution >= 0.6 is 0 Å². The minimum atomic E-state index is -2.85. The summed E-state index contributed by atoms with van der Waals surface area (Å²) < 4.78 is 23.5. The van der Waals surface area contributed by atoms with Crippen molar-refractivity contribution in [1.29, 1.82) is 0 Å². The molecular formula is C14H22O2S. The maximum atomic E-state index is 11.7. The molecule has 2 nitrogen and oxygen atoms in total. The summed E-state index contributed by atoms with van der Waals surface area (Å²) in [4.78, 5) is 0. The second-order valence-electron chi connectivity index (χ2n) is 4.92. The standard InChI is InChI=1S/C14H22O2S/c1-13(2)10-12-17(15,16)11-6-9-14-7-4-3-5-8-14/h3-5,7-8,13H,6,9-12H2,1-2H3. The van der Waals surface area contributed by atoms with Crippen LogP contribution in [0.5, 0.6) is 0 Å². The highest BCUT2D eigenvalue weighted by Crippen LogP contribution is 2.07. The average Bonchev–Trinajstić information content (AvgIpc) is 2.28. The maximum Gasteiger partial charge on any atom is 0.150 e. The van der Waals surface area contributed by atoms with Crippen LogP contribution in [0.4, 0.5) is 0 Å². The SMILES string of the molecule is CC(C)CCS(=O)(=O)CCCc1ccccc1. The van der Waals surface area contributed by atoms with Gasteiger partial charge in [0.2, 0.25) is 0 Å². The first-order chi connectivity index (χ1) is 7.99. The molecule has 96 valence electrons. The van der Waals surface area contributed by atoms with Crippen LogP contribution in [0.3, 0.4) is 0 Å². The minimum Gasteiger partial charge on any atom is -0.229 e. The van der Waals surface area contributed by atoms with Crippen molar-refractivity contribution in [3.8, 4) is 0 Å². The smallest absolute Gasteiger partial charge is 0.150 e. The second-order valence-corrected chi connectivity index (χ2v) is 7.23. The lowest BCUT2D eigenvalue weighted by Gasteiger charge is -2.06. The molecule has 1 aromatic carbocycles. The second kappa shape index (κ2) is 6.80. The van der Waals surface area contributed by atoms with Crippen molar-refractivity contribution in [1.82, 2.24) is 0 Å². The van der Waals surface area contributed by atoms with Crippen LogP contribution in [-0.4, -0.2) is 19.9 Å². The maximum absolute atomic E-state index is 11.7. The van der Waals surface area contributed by atoms with E-state index in [0.717, 1.165) is 19.3 Å². The van der Waals surface area contributed by atoms with E-state index in [9.17, 15) is 8.42 Å². The third-order valence-corrected chi connectivity index (χ3v) is 4.54. The highest BCUT2D eigenvalue weighted by molar-refractivity contribution is 7.91. The summed E-state index contributed by atoms with van der Waals surface area (Å²) in [6.45, 7) is 4.11. The number of hydrogen-bond acceptors (Lipinski definition) is 2. The molecule has 3 heteroatoms. The summed E-state index contributed by atoms with van der Waals surface area (Å²) >= 11 is 0. The van der Waals surface area contributed by atoms with Crippen LogP contribution in [0, 0.1) is 5.92 Å². The molecule has 0 aliphatic carbocycles. The van der Waals surface area contributed by atoms with Gasteiger partial charge in [0.15, 0.2) is 0 Å². The van der Waals surface area contributed by atoms with E-state index < -0.39 is 9.84 Å². The molecule has 0 radical (unpaired) electrons. The van der Waals surface area contributed by atoms with Gasteiger partial charge in [-0.1, -0.05) is 44.2 Å². The number of aryl methyl sites for hydroxylation is 1. The van der Waals surface area contributed by atoms with Gasteiger partial charge in [-0.25, -0.2) is 8.42 Å². The lowest BCUT2D eigenvalue weighted by atomic mass is 10.1. The number of hydrogen-bond donors (Lipinski definition) is 0. The number of rotatable bonds is 7.